The van der Waals surface area contributed by atoms with Crippen LogP contribution < -0.4 is 28.7 Å². The molecule has 0 aliphatic carbocycles. The van der Waals surface area contributed by atoms with Gasteiger partial charge in [-0.15, -0.1) is 0 Å². The minimum absolute atomic E-state index is 0.0369. The summed E-state index contributed by atoms with van der Waals surface area (Å²) in [4.78, 5) is 68.4. The molecule has 0 spiro atoms. The van der Waals surface area contributed by atoms with Gasteiger partial charge in [-0.05, 0) is 185 Å². The number of nitrogens with zero attached hydrogens (tertiary/aromatic N) is 2. The molecule has 2 aliphatic heterocycles. The lowest BCUT2D eigenvalue weighted by molar-refractivity contribution is 0.0877. The third-order valence-electron chi connectivity index (χ3n) is 17.8. The van der Waals surface area contributed by atoms with E-state index in [-0.39, 0.29) is 23.7 Å². The molecule has 86 heavy (non-hydrogen) atoms. The number of carbonyl (C=O) groups is 4. The van der Waals surface area contributed by atoms with Crippen LogP contribution in [0.2, 0.25) is 0 Å². The van der Waals surface area contributed by atoms with Crippen LogP contribution in [0.1, 0.15) is 143 Å². The Morgan fingerprint density at radius 3 is 0.663 bits per heavy atom. The second kappa shape index (κ2) is 21.1. The number of hydrogen-bond donors (Lipinski definition) is 0. The van der Waals surface area contributed by atoms with Crippen molar-refractivity contribution in [3.8, 4) is 67.5 Å². The van der Waals surface area contributed by atoms with Crippen molar-refractivity contribution in [2.24, 2.45) is 0 Å². The molecule has 0 N–H and O–H groups in total. The lowest BCUT2D eigenvalue weighted by atomic mass is 9.74. The third-order valence-corrected chi connectivity index (χ3v) is 17.8. The normalized spacial score (nSPS) is 13.3. The van der Waals surface area contributed by atoms with Gasteiger partial charge in [-0.25, -0.2) is 9.80 Å². The van der Waals surface area contributed by atoms with Crippen LogP contribution in [0.25, 0.3) is 87.6 Å². The predicted octanol–water partition coefficient (Wildman–Crippen LogP) is 18.5. The molecule has 0 radical (unpaired) electrons. The Kier molecular flexibility index (Phi) is 13.6. The van der Waals surface area contributed by atoms with E-state index in [1.807, 2.05) is 158 Å². The molecule has 2 heterocycles. The number of hydrogen-bond acceptors (Lipinski definition) is 8. The lowest BCUT2D eigenvalue weighted by Crippen LogP contribution is -2.42. The van der Waals surface area contributed by atoms with Gasteiger partial charge in [-0.3, -0.25) is 19.2 Å². The van der Waals surface area contributed by atoms with Crippen LogP contribution in [0.4, 0.5) is 11.4 Å². The van der Waals surface area contributed by atoms with Gasteiger partial charge in [0.15, 0.2) is 0 Å². The van der Waals surface area contributed by atoms with E-state index in [9.17, 15) is 0 Å². The largest absolute Gasteiger partial charge is 0.497 e. The van der Waals surface area contributed by atoms with Gasteiger partial charge in [-0.1, -0.05) is 140 Å². The molecule has 4 amide bonds. The zero-order valence-electron chi connectivity index (χ0n) is 50.5. The Morgan fingerprint density at radius 1 is 0.267 bits per heavy atom. The van der Waals surface area contributed by atoms with E-state index in [0.717, 1.165) is 66.1 Å². The fourth-order valence-corrected chi connectivity index (χ4v) is 13.6. The summed E-state index contributed by atoms with van der Waals surface area (Å²) in [6.07, 6.45) is 0. The van der Waals surface area contributed by atoms with Crippen LogP contribution in [0.15, 0.2) is 158 Å². The van der Waals surface area contributed by atoms with Crippen LogP contribution in [0.5, 0.6) is 23.0 Å². The quantitative estimate of drug-likeness (QED) is 0.0601. The molecule has 0 saturated heterocycles. The van der Waals surface area contributed by atoms with Crippen molar-refractivity contribution in [1.82, 2.24) is 0 Å². The first-order chi connectivity index (χ1) is 41.5. The van der Waals surface area contributed by atoms with E-state index in [1.165, 1.54) is 9.80 Å². The maximum atomic E-state index is 16.4. The Balaban J connectivity index is 1.32. The zero-order chi connectivity index (χ0) is 60.3. The number of amides is 4. The number of fused-ring (bicyclic) bond motifs is 2. The van der Waals surface area contributed by atoms with Crippen LogP contribution >= 0.6 is 0 Å². The molecule has 428 valence electrons. The minimum Gasteiger partial charge on any atom is -0.497 e. The topological polar surface area (TPSA) is 112 Å². The van der Waals surface area contributed by atoms with E-state index in [4.69, 9.17) is 18.9 Å². The second-order valence-corrected chi connectivity index (χ2v) is 23.9. The van der Waals surface area contributed by atoms with E-state index in [2.05, 4.69) is 55.4 Å². The molecule has 11 aromatic rings. The number of imide groups is 2. The minimum atomic E-state index is -0.442. The molecule has 10 nitrogen and oxygen atoms in total. The van der Waals surface area contributed by atoms with Gasteiger partial charge in [0, 0.05) is 43.8 Å². The highest BCUT2D eigenvalue weighted by atomic mass is 16.5. The molecule has 0 aromatic heterocycles. The van der Waals surface area contributed by atoms with E-state index in [0.29, 0.717) is 100 Å². The number of benzene rings is 11. The molecule has 0 saturated carbocycles. The molecular weight excluding hydrogens is 1070 g/mol. The van der Waals surface area contributed by atoms with Crippen LogP contribution in [-0.4, -0.2) is 52.1 Å². The van der Waals surface area contributed by atoms with Crippen LogP contribution in [-0.2, 0) is 0 Å². The molecule has 0 fully saturated rings. The summed E-state index contributed by atoms with van der Waals surface area (Å²) in [5, 5.41) is 5.32. The molecule has 0 atom stereocenters. The van der Waals surface area contributed by atoms with E-state index >= 15 is 19.2 Å². The number of rotatable bonds is 14. The fraction of sp³-hybridized carbons (Fsp3) is 0.211. The van der Waals surface area contributed by atoms with Gasteiger partial charge in [0.25, 0.3) is 23.6 Å². The number of ether oxygens (including phenoxy) is 4. The SMILES string of the molecule is COc1ccc(-c2cc3c4c(cc(-c5ccc(OC)cc5)c5c6c(-c7ccc(OC)cc7)cc7c8c(cc(-c9ccc(OC)cc9)c(c2c45)c86)C(=O)N(c2c(C(C)C)cccc2C(C)C)C7=O)C(=O)N(c2c(C(C)C)cccc2C(C)C)C3=O)cc1. The second-order valence-electron chi connectivity index (χ2n) is 23.9. The Morgan fingerprint density at radius 2 is 0.477 bits per heavy atom. The first-order valence-corrected chi connectivity index (χ1v) is 29.5. The predicted molar refractivity (Wildman–Crippen MR) is 347 cm³/mol. The fourth-order valence-electron chi connectivity index (χ4n) is 13.6. The molecule has 13 rings (SSSR count). The summed E-state index contributed by atoms with van der Waals surface area (Å²) < 4.78 is 23.1. The number of carbonyl (C=O) groups excluding carboxylic acids is 4. The van der Waals surface area contributed by atoms with E-state index in [1.54, 1.807) is 28.4 Å². The van der Waals surface area contributed by atoms with Crippen molar-refractivity contribution >= 4 is 78.1 Å². The maximum Gasteiger partial charge on any atom is 0.266 e. The summed E-state index contributed by atoms with van der Waals surface area (Å²) in [5.74, 6) is 0.646. The third kappa shape index (κ3) is 8.35. The summed E-state index contributed by atoms with van der Waals surface area (Å²) in [6.45, 7) is 16.7. The van der Waals surface area contributed by atoms with E-state index < -0.39 is 23.6 Å². The highest BCUT2D eigenvalue weighted by Crippen LogP contribution is 2.57. The smallest absolute Gasteiger partial charge is 0.266 e. The molecule has 11 aromatic carbocycles. The van der Waals surface area contributed by atoms with Crippen LogP contribution in [0, 0.1) is 0 Å². The Hall–Kier alpha value is -9.80. The molecule has 0 unspecified atom stereocenters. The molecule has 10 heteroatoms. The Labute approximate surface area is 500 Å². The van der Waals surface area contributed by atoms with Crippen molar-refractivity contribution in [3.63, 3.8) is 0 Å². The summed E-state index contributed by atoms with van der Waals surface area (Å²) >= 11 is 0. The highest BCUT2D eigenvalue weighted by Gasteiger charge is 2.43. The average Bonchev–Trinajstić information content (AvgIpc) is 0.674. The lowest BCUT2D eigenvalue weighted by Gasteiger charge is -2.35. The number of anilines is 2. The molecular formula is C76H66N2O8. The van der Waals surface area contributed by atoms with Crippen molar-refractivity contribution in [2.45, 2.75) is 79.1 Å². The van der Waals surface area contributed by atoms with Gasteiger partial charge in [0.1, 0.15) is 23.0 Å². The Bertz CT molecular complexity index is 4060. The van der Waals surface area contributed by atoms with Gasteiger partial charge < -0.3 is 18.9 Å². The zero-order valence-corrected chi connectivity index (χ0v) is 50.5. The average molecular weight is 1140 g/mol. The standard InChI is InChI=1S/C76H66N2O8/c1-39(2)51-15-13-16-52(40(3)4)71(51)77-73(79)59-35-55(43-19-27-47(83-9)28-20-43)65-67-57(45-23-31-49(85-11)32-24-45)37-61-64-62(76(82)78(75(61)81)72-53(41(5)6)17-14-18-54(72)42(7)8)38-58(46-25-33-50(86-12)34-26-46)68(70(64)67)66-56(44-21-29-48(84-10)30-22-44)36-60(74(77)80)63(59)69(65)66/h13-42H,1-12H3. The first kappa shape index (κ1) is 55.4. The van der Waals surface area contributed by atoms with Gasteiger partial charge in [0.05, 0.1) is 39.8 Å². The molecule has 2 aliphatic rings. The van der Waals surface area contributed by atoms with Crippen molar-refractivity contribution in [1.29, 1.82) is 0 Å². The van der Waals surface area contributed by atoms with Crippen molar-refractivity contribution < 1.29 is 38.1 Å². The summed E-state index contributed by atoms with van der Waals surface area (Å²) in [6, 6.07) is 51.2. The van der Waals surface area contributed by atoms with Gasteiger partial charge in [0.2, 0.25) is 0 Å². The monoisotopic (exact) mass is 1130 g/mol. The number of methoxy groups -OCH3 is 4. The number of para-hydroxylation sites is 2. The summed E-state index contributed by atoms with van der Waals surface area (Å²) in [7, 11) is 6.52. The molecule has 0 bridgehead atoms. The van der Waals surface area contributed by atoms with Gasteiger partial charge >= 0.3 is 0 Å². The highest BCUT2D eigenvalue weighted by molar-refractivity contribution is 6.50. The van der Waals surface area contributed by atoms with Crippen molar-refractivity contribution in [3.05, 3.63) is 202 Å². The van der Waals surface area contributed by atoms with Crippen molar-refractivity contribution in [2.75, 3.05) is 38.2 Å². The maximum absolute atomic E-state index is 16.4. The first-order valence-electron chi connectivity index (χ1n) is 29.5. The summed E-state index contributed by atoms with van der Waals surface area (Å²) in [5.41, 5.74) is 12.1. The van der Waals surface area contributed by atoms with Gasteiger partial charge in [-0.2, -0.15) is 0 Å². The van der Waals surface area contributed by atoms with Crippen LogP contribution in [0.3, 0.4) is 0 Å².